The van der Waals surface area contributed by atoms with E-state index < -0.39 is 0 Å². The molecule has 1 saturated heterocycles. The average Bonchev–Trinajstić information content (AvgIpc) is 2.89. The van der Waals surface area contributed by atoms with Crippen LogP contribution in [0.4, 0.5) is 4.39 Å². The van der Waals surface area contributed by atoms with Gasteiger partial charge in [0.2, 0.25) is 11.7 Å². The second-order valence-corrected chi connectivity index (χ2v) is 4.89. The molecule has 0 radical (unpaired) electrons. The van der Waals surface area contributed by atoms with Gasteiger partial charge >= 0.3 is 0 Å². The molecule has 5 heteroatoms. The van der Waals surface area contributed by atoms with Crippen molar-refractivity contribution in [2.75, 3.05) is 13.1 Å². The number of piperidine rings is 1. The highest BCUT2D eigenvalue weighted by molar-refractivity contribution is 5.54. The maximum Gasteiger partial charge on any atom is 0.227 e. The zero-order valence-corrected chi connectivity index (χ0v) is 10.6. The summed E-state index contributed by atoms with van der Waals surface area (Å²) in [6.45, 7) is 2.08. The third kappa shape index (κ3) is 2.81. The van der Waals surface area contributed by atoms with E-state index in [4.69, 9.17) is 4.52 Å². The fraction of sp³-hybridized carbons (Fsp3) is 0.429. The Labute approximate surface area is 111 Å². The molecule has 0 unspecified atom stereocenters. The second-order valence-electron chi connectivity index (χ2n) is 4.89. The van der Waals surface area contributed by atoms with Crippen molar-refractivity contribution < 1.29 is 8.91 Å². The Morgan fingerprint density at radius 2 is 2.05 bits per heavy atom. The average molecular weight is 261 g/mol. The van der Waals surface area contributed by atoms with Gasteiger partial charge in [0, 0.05) is 6.42 Å². The zero-order chi connectivity index (χ0) is 13.1. The lowest BCUT2D eigenvalue weighted by Gasteiger charge is -2.20. The molecule has 1 aliphatic heterocycles. The zero-order valence-electron chi connectivity index (χ0n) is 10.6. The highest BCUT2D eigenvalue weighted by Crippen LogP contribution is 2.22. The van der Waals surface area contributed by atoms with Gasteiger partial charge in [0.15, 0.2) is 0 Å². The molecule has 1 aromatic heterocycles. The van der Waals surface area contributed by atoms with Gasteiger partial charge in [-0.05, 0) is 44.0 Å². The lowest BCUT2D eigenvalue weighted by atomic mass is 9.95. The van der Waals surface area contributed by atoms with E-state index in [9.17, 15) is 4.39 Å². The number of halogens is 1. The Morgan fingerprint density at radius 3 is 2.84 bits per heavy atom. The summed E-state index contributed by atoms with van der Waals surface area (Å²) in [6.07, 6.45) is 3.03. The van der Waals surface area contributed by atoms with Crippen LogP contribution in [-0.2, 0) is 6.42 Å². The number of benzene rings is 1. The van der Waals surface area contributed by atoms with Crippen molar-refractivity contribution >= 4 is 0 Å². The maximum atomic E-state index is 13.6. The van der Waals surface area contributed by atoms with E-state index in [0.717, 1.165) is 32.4 Å². The van der Waals surface area contributed by atoms with Crippen LogP contribution >= 0.6 is 0 Å². The third-order valence-corrected chi connectivity index (χ3v) is 3.50. The molecule has 4 nitrogen and oxygen atoms in total. The van der Waals surface area contributed by atoms with Crippen molar-refractivity contribution in [3.63, 3.8) is 0 Å². The van der Waals surface area contributed by atoms with Crippen LogP contribution in [0.3, 0.4) is 0 Å². The molecule has 1 N–H and O–H groups in total. The van der Waals surface area contributed by atoms with Crippen LogP contribution in [0.1, 0.15) is 18.7 Å². The number of rotatable bonds is 3. The fourth-order valence-electron chi connectivity index (χ4n) is 2.42. The highest BCUT2D eigenvalue weighted by atomic mass is 19.1. The van der Waals surface area contributed by atoms with Gasteiger partial charge in [0.1, 0.15) is 5.82 Å². The number of hydrogen-bond acceptors (Lipinski definition) is 4. The lowest BCUT2D eigenvalue weighted by Crippen LogP contribution is -2.28. The predicted molar refractivity (Wildman–Crippen MR) is 69.0 cm³/mol. The molecular formula is C14H16FN3O. The van der Waals surface area contributed by atoms with E-state index >= 15 is 0 Å². The number of nitrogens with one attached hydrogen (secondary N) is 1. The molecule has 2 heterocycles. The number of nitrogens with zero attached hydrogens (tertiary/aromatic N) is 2. The molecule has 1 aromatic carbocycles. The van der Waals surface area contributed by atoms with Gasteiger partial charge < -0.3 is 9.84 Å². The summed E-state index contributed by atoms with van der Waals surface area (Å²) in [5, 5.41) is 7.19. The van der Waals surface area contributed by atoms with Gasteiger partial charge in [-0.25, -0.2) is 4.39 Å². The standard InChI is InChI=1S/C14H16FN3O/c15-12-4-2-1-3-11(12)14-17-13(19-18-14)9-10-5-7-16-8-6-10/h1-4,10,16H,5-9H2. The Kier molecular flexibility index (Phi) is 3.55. The van der Waals surface area contributed by atoms with Crippen LogP contribution in [0.5, 0.6) is 0 Å². The summed E-state index contributed by atoms with van der Waals surface area (Å²) in [6, 6.07) is 6.47. The minimum atomic E-state index is -0.322. The van der Waals surface area contributed by atoms with E-state index in [1.807, 2.05) is 0 Å². The monoisotopic (exact) mass is 261 g/mol. The van der Waals surface area contributed by atoms with E-state index in [0.29, 0.717) is 23.2 Å². The van der Waals surface area contributed by atoms with Crippen molar-refractivity contribution in [1.29, 1.82) is 0 Å². The quantitative estimate of drug-likeness (QED) is 0.922. The van der Waals surface area contributed by atoms with Crippen molar-refractivity contribution in [3.05, 3.63) is 36.0 Å². The highest BCUT2D eigenvalue weighted by Gasteiger charge is 2.18. The van der Waals surface area contributed by atoms with Crippen LogP contribution in [0.15, 0.2) is 28.8 Å². The molecule has 0 aliphatic carbocycles. The summed E-state index contributed by atoms with van der Waals surface area (Å²) in [5.41, 5.74) is 0.391. The molecule has 3 rings (SSSR count). The molecule has 1 aliphatic rings. The normalized spacial score (nSPS) is 16.7. The minimum absolute atomic E-state index is 0.322. The number of hydrogen-bond donors (Lipinski definition) is 1. The van der Waals surface area contributed by atoms with Gasteiger partial charge in [-0.15, -0.1) is 0 Å². The predicted octanol–water partition coefficient (Wildman–Crippen LogP) is 2.42. The Morgan fingerprint density at radius 1 is 1.26 bits per heavy atom. The summed E-state index contributed by atoms with van der Waals surface area (Å²) < 4.78 is 18.8. The molecule has 0 bridgehead atoms. The van der Waals surface area contributed by atoms with Crippen molar-refractivity contribution in [2.45, 2.75) is 19.3 Å². The van der Waals surface area contributed by atoms with Gasteiger partial charge in [-0.2, -0.15) is 4.98 Å². The third-order valence-electron chi connectivity index (χ3n) is 3.50. The topological polar surface area (TPSA) is 51.0 Å². The van der Waals surface area contributed by atoms with Gasteiger partial charge in [-0.3, -0.25) is 0 Å². The summed E-state index contributed by atoms with van der Waals surface area (Å²) >= 11 is 0. The van der Waals surface area contributed by atoms with E-state index in [2.05, 4.69) is 15.5 Å². The van der Waals surface area contributed by atoms with E-state index in [1.165, 1.54) is 6.07 Å². The van der Waals surface area contributed by atoms with E-state index in [-0.39, 0.29) is 5.82 Å². The molecule has 0 atom stereocenters. The molecule has 0 amide bonds. The molecule has 0 saturated carbocycles. The second kappa shape index (κ2) is 5.48. The molecular weight excluding hydrogens is 245 g/mol. The van der Waals surface area contributed by atoms with Gasteiger partial charge in [0.05, 0.1) is 5.56 Å². The molecule has 100 valence electrons. The van der Waals surface area contributed by atoms with Crippen molar-refractivity contribution in [3.8, 4) is 11.4 Å². The molecule has 19 heavy (non-hydrogen) atoms. The first kappa shape index (κ1) is 12.3. The van der Waals surface area contributed by atoms with Crippen LogP contribution in [0.25, 0.3) is 11.4 Å². The Hall–Kier alpha value is -1.75. The summed E-state index contributed by atoms with van der Waals surface area (Å²) in [5.74, 6) is 1.19. The largest absolute Gasteiger partial charge is 0.339 e. The maximum absolute atomic E-state index is 13.6. The first-order valence-corrected chi connectivity index (χ1v) is 6.61. The Balaban J connectivity index is 1.74. The first-order valence-electron chi connectivity index (χ1n) is 6.61. The van der Waals surface area contributed by atoms with Crippen LogP contribution in [-0.4, -0.2) is 23.2 Å². The number of aromatic nitrogens is 2. The lowest BCUT2D eigenvalue weighted by molar-refractivity contribution is 0.313. The summed E-state index contributed by atoms with van der Waals surface area (Å²) in [7, 11) is 0. The van der Waals surface area contributed by atoms with Crippen molar-refractivity contribution in [2.24, 2.45) is 5.92 Å². The van der Waals surface area contributed by atoms with Crippen LogP contribution < -0.4 is 5.32 Å². The minimum Gasteiger partial charge on any atom is -0.339 e. The summed E-state index contributed by atoms with van der Waals surface area (Å²) in [4.78, 5) is 4.30. The smallest absolute Gasteiger partial charge is 0.227 e. The molecule has 0 spiro atoms. The van der Waals surface area contributed by atoms with Crippen molar-refractivity contribution in [1.82, 2.24) is 15.5 Å². The van der Waals surface area contributed by atoms with Crippen LogP contribution in [0.2, 0.25) is 0 Å². The molecule has 2 aromatic rings. The SMILES string of the molecule is Fc1ccccc1-c1noc(CC2CCNCC2)n1. The van der Waals surface area contributed by atoms with Gasteiger partial charge in [0.25, 0.3) is 0 Å². The molecule has 1 fully saturated rings. The first-order chi connectivity index (χ1) is 9.33. The van der Waals surface area contributed by atoms with Crippen LogP contribution in [0, 0.1) is 11.7 Å². The Bertz CT molecular complexity index is 549. The fourth-order valence-corrected chi connectivity index (χ4v) is 2.42. The van der Waals surface area contributed by atoms with Gasteiger partial charge in [-0.1, -0.05) is 17.3 Å². The van der Waals surface area contributed by atoms with E-state index in [1.54, 1.807) is 18.2 Å².